The molecule has 1 aromatic carbocycles. The van der Waals surface area contributed by atoms with Crippen LogP contribution in [0.4, 0.5) is 10.5 Å². The molecule has 0 unspecified atom stereocenters. The molecular weight excluding hydrogens is 326 g/mol. The molecule has 1 aliphatic heterocycles. The van der Waals surface area contributed by atoms with Crippen LogP contribution in [0.5, 0.6) is 0 Å². The van der Waals surface area contributed by atoms with Crippen LogP contribution in [0.2, 0.25) is 0 Å². The summed E-state index contributed by atoms with van der Waals surface area (Å²) in [5.74, 6) is -1.92. The predicted octanol–water partition coefficient (Wildman–Crippen LogP) is 1.12. The fourth-order valence-corrected chi connectivity index (χ4v) is 3.43. The average molecular weight is 345 g/mol. The van der Waals surface area contributed by atoms with Crippen LogP contribution < -0.4 is 10.6 Å². The number of carbonyl (C=O) groups is 4. The number of carboxylic acid groups (broad SMARTS) is 1. The smallest absolute Gasteiger partial charge is 0.325 e. The van der Waals surface area contributed by atoms with Crippen molar-refractivity contribution in [2.45, 2.75) is 37.6 Å². The van der Waals surface area contributed by atoms with Crippen LogP contribution in [0.3, 0.4) is 0 Å². The molecule has 0 radical (unpaired) electrons. The van der Waals surface area contributed by atoms with Gasteiger partial charge >= 0.3 is 12.0 Å². The van der Waals surface area contributed by atoms with Gasteiger partial charge in [-0.1, -0.05) is 31.0 Å². The fraction of sp³-hybridized carbons (Fsp3) is 0.412. The molecule has 4 amide bonds. The largest absolute Gasteiger partial charge is 0.481 e. The third-order valence-electron chi connectivity index (χ3n) is 4.64. The predicted molar refractivity (Wildman–Crippen MR) is 87.9 cm³/mol. The molecule has 2 fully saturated rings. The Kier molecular flexibility index (Phi) is 4.43. The van der Waals surface area contributed by atoms with Crippen molar-refractivity contribution < 1.29 is 24.3 Å². The van der Waals surface area contributed by atoms with E-state index in [4.69, 9.17) is 5.11 Å². The molecule has 25 heavy (non-hydrogen) atoms. The van der Waals surface area contributed by atoms with E-state index in [1.54, 1.807) is 24.3 Å². The first-order valence-electron chi connectivity index (χ1n) is 8.15. The molecule has 2 aliphatic rings. The molecule has 1 spiro atoms. The number of hydrogen-bond donors (Lipinski definition) is 3. The van der Waals surface area contributed by atoms with Gasteiger partial charge in [-0.3, -0.25) is 19.3 Å². The summed E-state index contributed by atoms with van der Waals surface area (Å²) in [5.41, 5.74) is -0.0381. The zero-order chi connectivity index (χ0) is 18.0. The monoisotopic (exact) mass is 345 g/mol. The molecule has 3 rings (SSSR count). The molecule has 0 atom stereocenters. The number of carbonyl (C=O) groups excluding carboxylic acids is 3. The number of hydrogen-bond acceptors (Lipinski definition) is 4. The average Bonchev–Trinajstić information content (AvgIpc) is 3.10. The lowest BCUT2D eigenvalue weighted by atomic mass is 9.98. The van der Waals surface area contributed by atoms with Crippen molar-refractivity contribution in [2.75, 3.05) is 11.9 Å². The second kappa shape index (κ2) is 6.54. The van der Waals surface area contributed by atoms with Crippen molar-refractivity contribution in [1.29, 1.82) is 0 Å². The highest BCUT2D eigenvalue weighted by molar-refractivity contribution is 6.10. The van der Waals surface area contributed by atoms with Crippen LogP contribution in [-0.2, 0) is 20.8 Å². The maximum Gasteiger partial charge on any atom is 0.325 e. The number of aliphatic carboxylic acids is 1. The van der Waals surface area contributed by atoms with Crippen molar-refractivity contribution in [1.82, 2.24) is 10.2 Å². The number of anilines is 1. The maximum atomic E-state index is 12.5. The first-order valence-corrected chi connectivity index (χ1v) is 8.15. The molecule has 8 nitrogen and oxygen atoms in total. The van der Waals surface area contributed by atoms with E-state index in [0.29, 0.717) is 24.1 Å². The van der Waals surface area contributed by atoms with Gasteiger partial charge in [0.05, 0.1) is 6.42 Å². The minimum atomic E-state index is -1.01. The number of benzene rings is 1. The van der Waals surface area contributed by atoms with Crippen molar-refractivity contribution in [3.8, 4) is 0 Å². The first-order chi connectivity index (χ1) is 11.9. The Morgan fingerprint density at radius 1 is 1.20 bits per heavy atom. The summed E-state index contributed by atoms with van der Waals surface area (Å²) >= 11 is 0. The number of rotatable bonds is 5. The third kappa shape index (κ3) is 3.33. The van der Waals surface area contributed by atoms with Crippen LogP contribution in [0.15, 0.2) is 24.3 Å². The zero-order valence-electron chi connectivity index (χ0n) is 13.6. The van der Waals surface area contributed by atoms with Gasteiger partial charge < -0.3 is 15.7 Å². The molecular formula is C17H19N3O5. The van der Waals surface area contributed by atoms with Crippen LogP contribution in [-0.4, -0.2) is 45.9 Å². The van der Waals surface area contributed by atoms with E-state index in [9.17, 15) is 19.2 Å². The highest BCUT2D eigenvalue weighted by Gasteiger charge is 2.52. The summed E-state index contributed by atoms with van der Waals surface area (Å²) in [6, 6.07) is 5.98. The van der Waals surface area contributed by atoms with Crippen molar-refractivity contribution in [3.63, 3.8) is 0 Å². The standard InChI is InChI=1S/C17H19N3O5/c21-13(18-12-6-2-1-5-11(12)9-14(22)23)10-20-15(24)17(19-16(20)25)7-3-4-8-17/h1-2,5-6H,3-4,7-10H2,(H,18,21)(H,19,25)(H,22,23). The Morgan fingerprint density at radius 2 is 1.88 bits per heavy atom. The number of para-hydroxylation sites is 1. The molecule has 1 aliphatic carbocycles. The van der Waals surface area contributed by atoms with E-state index in [2.05, 4.69) is 10.6 Å². The van der Waals surface area contributed by atoms with Gasteiger partial charge in [0, 0.05) is 5.69 Å². The molecule has 132 valence electrons. The van der Waals surface area contributed by atoms with Gasteiger partial charge in [-0.2, -0.15) is 0 Å². The number of carboxylic acids is 1. The molecule has 0 bridgehead atoms. The van der Waals surface area contributed by atoms with Crippen LogP contribution in [0.25, 0.3) is 0 Å². The first kappa shape index (κ1) is 16.9. The van der Waals surface area contributed by atoms with Gasteiger partial charge in [0.2, 0.25) is 5.91 Å². The second-order valence-electron chi connectivity index (χ2n) is 6.39. The van der Waals surface area contributed by atoms with Crippen molar-refractivity contribution >= 4 is 29.5 Å². The van der Waals surface area contributed by atoms with E-state index >= 15 is 0 Å². The number of nitrogens with zero attached hydrogens (tertiary/aromatic N) is 1. The Bertz CT molecular complexity index is 740. The Hall–Kier alpha value is -2.90. The van der Waals surface area contributed by atoms with Gasteiger partial charge in [-0.25, -0.2) is 4.79 Å². The molecule has 3 N–H and O–H groups in total. The van der Waals surface area contributed by atoms with E-state index in [-0.39, 0.29) is 12.3 Å². The highest BCUT2D eigenvalue weighted by Crippen LogP contribution is 2.34. The number of imide groups is 1. The number of urea groups is 1. The van der Waals surface area contributed by atoms with Gasteiger partial charge in [-0.05, 0) is 24.5 Å². The molecule has 1 aromatic rings. The lowest BCUT2D eigenvalue weighted by Crippen LogP contribution is -2.44. The lowest BCUT2D eigenvalue weighted by molar-refractivity contribution is -0.136. The molecule has 1 saturated heterocycles. The summed E-state index contributed by atoms with van der Waals surface area (Å²) in [6.45, 7) is -0.395. The van der Waals surface area contributed by atoms with E-state index in [1.165, 1.54) is 0 Å². The highest BCUT2D eigenvalue weighted by atomic mass is 16.4. The molecule has 1 heterocycles. The van der Waals surface area contributed by atoms with Crippen LogP contribution in [0.1, 0.15) is 31.2 Å². The minimum Gasteiger partial charge on any atom is -0.481 e. The fourth-order valence-electron chi connectivity index (χ4n) is 3.43. The quantitative estimate of drug-likeness (QED) is 0.692. The summed E-state index contributed by atoms with van der Waals surface area (Å²) in [5, 5.41) is 14.2. The summed E-state index contributed by atoms with van der Waals surface area (Å²) in [4.78, 5) is 48.7. The van der Waals surface area contributed by atoms with Crippen molar-refractivity contribution in [3.05, 3.63) is 29.8 Å². The minimum absolute atomic E-state index is 0.233. The Morgan fingerprint density at radius 3 is 2.56 bits per heavy atom. The number of amides is 4. The van der Waals surface area contributed by atoms with Gasteiger partial charge in [0.15, 0.2) is 0 Å². The van der Waals surface area contributed by atoms with Gasteiger partial charge in [0.1, 0.15) is 12.1 Å². The zero-order valence-corrected chi connectivity index (χ0v) is 13.6. The third-order valence-corrected chi connectivity index (χ3v) is 4.64. The Balaban J connectivity index is 1.68. The second-order valence-corrected chi connectivity index (χ2v) is 6.39. The van der Waals surface area contributed by atoms with Crippen LogP contribution >= 0.6 is 0 Å². The van der Waals surface area contributed by atoms with Crippen LogP contribution in [0, 0.1) is 0 Å². The van der Waals surface area contributed by atoms with Gasteiger partial charge in [-0.15, -0.1) is 0 Å². The number of nitrogens with one attached hydrogen (secondary N) is 2. The van der Waals surface area contributed by atoms with E-state index < -0.39 is 30.0 Å². The molecule has 8 heteroatoms. The lowest BCUT2D eigenvalue weighted by Gasteiger charge is -2.20. The SMILES string of the molecule is O=C(O)Cc1ccccc1NC(=O)CN1C(=O)NC2(CCCC2)C1=O. The van der Waals surface area contributed by atoms with E-state index in [0.717, 1.165) is 17.7 Å². The van der Waals surface area contributed by atoms with Gasteiger partial charge in [0.25, 0.3) is 5.91 Å². The van der Waals surface area contributed by atoms with E-state index in [1.807, 2.05) is 0 Å². The summed E-state index contributed by atoms with van der Waals surface area (Å²) in [6.07, 6.45) is 2.69. The maximum absolute atomic E-state index is 12.5. The van der Waals surface area contributed by atoms with Crippen molar-refractivity contribution in [2.24, 2.45) is 0 Å². The molecule has 1 saturated carbocycles. The normalized spacial score (nSPS) is 18.5. The topological polar surface area (TPSA) is 116 Å². The molecule has 0 aromatic heterocycles. The Labute approximate surface area is 144 Å². The summed E-state index contributed by atoms with van der Waals surface area (Å²) < 4.78 is 0. The summed E-state index contributed by atoms with van der Waals surface area (Å²) in [7, 11) is 0.